The smallest absolute Gasteiger partial charge is 0.138 e. The summed E-state index contributed by atoms with van der Waals surface area (Å²) in [5.74, 6) is 6.46. The maximum Gasteiger partial charge on any atom is 0.138 e. The predicted molar refractivity (Wildman–Crippen MR) is 79.4 cm³/mol. The summed E-state index contributed by atoms with van der Waals surface area (Å²) in [7, 11) is 2.07. The number of aliphatic hydroxyl groups is 1. The lowest BCUT2D eigenvalue weighted by atomic mass is 10.2. The Morgan fingerprint density at radius 2 is 2.20 bits per heavy atom. The highest BCUT2D eigenvalue weighted by Gasteiger charge is 2.12. The van der Waals surface area contributed by atoms with Crippen LogP contribution in [0.25, 0.3) is 0 Å². The van der Waals surface area contributed by atoms with Crippen LogP contribution in [-0.4, -0.2) is 28.8 Å². The predicted octanol–water partition coefficient (Wildman–Crippen LogP) is 2.33. The van der Waals surface area contributed by atoms with Crippen molar-refractivity contribution in [1.82, 2.24) is 10.1 Å². The number of rotatable bonds is 4. The molecule has 0 radical (unpaired) electrons. The Balaban J connectivity index is 1.98. The third kappa shape index (κ3) is 3.70. The summed E-state index contributed by atoms with van der Waals surface area (Å²) < 4.78 is 5.18. The molecule has 0 aromatic carbocycles. The zero-order valence-corrected chi connectivity index (χ0v) is 12.8. The molecular formula is C15H18N2O2S. The number of hydrogen-bond acceptors (Lipinski definition) is 5. The monoisotopic (exact) mass is 290 g/mol. The molecule has 1 N–H and O–H groups in total. The first-order valence-electron chi connectivity index (χ1n) is 6.37. The zero-order chi connectivity index (χ0) is 14.5. The molecule has 106 valence electrons. The largest absolute Gasteiger partial charge is 0.384 e. The van der Waals surface area contributed by atoms with E-state index in [-0.39, 0.29) is 6.61 Å². The van der Waals surface area contributed by atoms with E-state index in [1.165, 1.54) is 4.88 Å². The fourth-order valence-electron chi connectivity index (χ4n) is 1.99. The second-order valence-corrected chi connectivity index (χ2v) is 5.73. The van der Waals surface area contributed by atoms with Gasteiger partial charge < -0.3 is 9.63 Å². The molecular weight excluding hydrogens is 272 g/mol. The lowest BCUT2D eigenvalue weighted by molar-refractivity contribution is 0.317. The van der Waals surface area contributed by atoms with Crippen LogP contribution in [0.5, 0.6) is 0 Å². The van der Waals surface area contributed by atoms with Gasteiger partial charge in [-0.05, 0) is 27.0 Å². The van der Waals surface area contributed by atoms with Crippen molar-refractivity contribution in [2.45, 2.75) is 26.9 Å². The molecule has 2 aromatic heterocycles. The topological polar surface area (TPSA) is 49.5 Å². The van der Waals surface area contributed by atoms with Crippen molar-refractivity contribution in [2.75, 3.05) is 13.7 Å². The summed E-state index contributed by atoms with van der Waals surface area (Å²) in [5.41, 5.74) is 3.07. The molecule has 0 spiro atoms. The number of nitrogens with zero attached hydrogens (tertiary/aromatic N) is 2. The molecule has 0 aliphatic carbocycles. The van der Waals surface area contributed by atoms with Crippen molar-refractivity contribution in [2.24, 2.45) is 0 Å². The minimum absolute atomic E-state index is 0.100. The molecule has 0 unspecified atom stereocenters. The minimum Gasteiger partial charge on any atom is -0.384 e. The lowest BCUT2D eigenvalue weighted by Gasteiger charge is -2.15. The highest BCUT2D eigenvalue weighted by Crippen LogP contribution is 2.19. The average Bonchev–Trinajstić information content (AvgIpc) is 2.98. The van der Waals surface area contributed by atoms with Gasteiger partial charge in [0, 0.05) is 34.5 Å². The summed E-state index contributed by atoms with van der Waals surface area (Å²) in [4.78, 5) is 3.48. The van der Waals surface area contributed by atoms with Crippen molar-refractivity contribution in [1.29, 1.82) is 0 Å². The van der Waals surface area contributed by atoms with Crippen molar-refractivity contribution in [3.05, 3.63) is 38.9 Å². The van der Waals surface area contributed by atoms with E-state index in [9.17, 15) is 0 Å². The highest BCUT2D eigenvalue weighted by atomic mass is 32.1. The van der Waals surface area contributed by atoms with E-state index in [1.807, 2.05) is 19.2 Å². The summed E-state index contributed by atoms with van der Waals surface area (Å²) >= 11 is 1.68. The maximum absolute atomic E-state index is 8.68. The van der Waals surface area contributed by atoms with Crippen LogP contribution in [0.3, 0.4) is 0 Å². The molecule has 2 rings (SSSR count). The molecule has 0 saturated heterocycles. The first-order chi connectivity index (χ1) is 9.60. The Kier molecular flexibility index (Phi) is 4.96. The SMILES string of the molecule is Cc1noc(C)c1CN(C)Cc1cc(C#CCO)cs1. The van der Waals surface area contributed by atoms with E-state index in [2.05, 4.69) is 35.0 Å². The van der Waals surface area contributed by atoms with Crippen LogP contribution in [0.1, 0.15) is 27.5 Å². The summed E-state index contributed by atoms with van der Waals surface area (Å²) in [6.07, 6.45) is 0. The second kappa shape index (κ2) is 6.71. The quantitative estimate of drug-likeness (QED) is 0.878. The van der Waals surface area contributed by atoms with Crippen molar-refractivity contribution < 1.29 is 9.63 Å². The van der Waals surface area contributed by atoms with Gasteiger partial charge in [-0.3, -0.25) is 4.90 Å². The van der Waals surface area contributed by atoms with Crippen LogP contribution in [0, 0.1) is 25.7 Å². The molecule has 0 fully saturated rings. The van der Waals surface area contributed by atoms with Gasteiger partial charge in [0.2, 0.25) is 0 Å². The van der Waals surface area contributed by atoms with Crippen molar-refractivity contribution >= 4 is 11.3 Å². The molecule has 20 heavy (non-hydrogen) atoms. The van der Waals surface area contributed by atoms with Gasteiger partial charge in [0.25, 0.3) is 0 Å². The molecule has 0 aliphatic rings. The van der Waals surface area contributed by atoms with Gasteiger partial charge in [-0.15, -0.1) is 11.3 Å². The maximum atomic E-state index is 8.68. The summed E-state index contributed by atoms with van der Waals surface area (Å²) in [5, 5.41) is 14.7. The number of aryl methyl sites for hydroxylation is 2. The van der Waals surface area contributed by atoms with Crippen LogP contribution >= 0.6 is 11.3 Å². The van der Waals surface area contributed by atoms with Gasteiger partial charge in [0.05, 0.1) is 5.69 Å². The van der Waals surface area contributed by atoms with E-state index in [0.717, 1.165) is 35.7 Å². The fraction of sp³-hybridized carbons (Fsp3) is 0.400. The Labute approximate surface area is 123 Å². The molecule has 0 bridgehead atoms. The number of hydrogen-bond donors (Lipinski definition) is 1. The number of thiophene rings is 1. The molecule has 4 nitrogen and oxygen atoms in total. The molecule has 0 aliphatic heterocycles. The summed E-state index contributed by atoms with van der Waals surface area (Å²) in [6.45, 7) is 5.48. The number of aromatic nitrogens is 1. The molecule has 2 heterocycles. The molecule has 0 atom stereocenters. The van der Waals surface area contributed by atoms with Crippen molar-refractivity contribution in [3.63, 3.8) is 0 Å². The third-order valence-electron chi connectivity index (χ3n) is 3.00. The Hall–Kier alpha value is -1.61. The van der Waals surface area contributed by atoms with E-state index in [4.69, 9.17) is 9.63 Å². The zero-order valence-electron chi connectivity index (χ0n) is 11.9. The van der Waals surface area contributed by atoms with Crippen LogP contribution < -0.4 is 0 Å². The Morgan fingerprint density at radius 3 is 2.85 bits per heavy atom. The molecule has 0 amide bonds. The summed E-state index contributed by atoms with van der Waals surface area (Å²) in [6, 6.07) is 2.07. The van der Waals surface area contributed by atoms with E-state index < -0.39 is 0 Å². The van der Waals surface area contributed by atoms with Crippen LogP contribution in [0.2, 0.25) is 0 Å². The van der Waals surface area contributed by atoms with Gasteiger partial charge >= 0.3 is 0 Å². The lowest BCUT2D eigenvalue weighted by Crippen LogP contribution is -2.17. The van der Waals surface area contributed by atoms with Crippen LogP contribution in [0.15, 0.2) is 16.0 Å². The van der Waals surface area contributed by atoms with Crippen molar-refractivity contribution in [3.8, 4) is 11.8 Å². The normalized spacial score (nSPS) is 10.7. The Morgan fingerprint density at radius 1 is 1.40 bits per heavy atom. The average molecular weight is 290 g/mol. The van der Waals surface area contributed by atoms with Gasteiger partial charge in [-0.25, -0.2) is 0 Å². The van der Waals surface area contributed by atoms with Crippen LogP contribution in [0.4, 0.5) is 0 Å². The number of aliphatic hydroxyl groups excluding tert-OH is 1. The van der Waals surface area contributed by atoms with E-state index in [1.54, 1.807) is 11.3 Å². The Bertz CT molecular complexity index is 614. The van der Waals surface area contributed by atoms with Gasteiger partial charge in [0.1, 0.15) is 12.4 Å². The fourth-order valence-corrected chi connectivity index (χ4v) is 2.89. The van der Waals surface area contributed by atoms with Gasteiger partial charge in [0.15, 0.2) is 0 Å². The standard InChI is InChI=1S/C15H18N2O2S/c1-11-15(12(2)19-16-11)9-17(3)8-14-7-13(10-20-14)5-4-6-18/h7,10,18H,6,8-9H2,1-3H3. The van der Waals surface area contributed by atoms with Gasteiger partial charge in [-0.1, -0.05) is 17.0 Å². The minimum atomic E-state index is -0.100. The first-order valence-corrected chi connectivity index (χ1v) is 7.25. The molecule has 0 saturated carbocycles. The van der Waals surface area contributed by atoms with Crippen LogP contribution in [-0.2, 0) is 13.1 Å². The van der Waals surface area contributed by atoms with E-state index in [0.29, 0.717) is 0 Å². The third-order valence-corrected chi connectivity index (χ3v) is 3.92. The molecule has 5 heteroatoms. The highest BCUT2D eigenvalue weighted by molar-refractivity contribution is 7.10. The van der Waals surface area contributed by atoms with Gasteiger partial charge in [-0.2, -0.15) is 0 Å². The first kappa shape index (κ1) is 14.8. The second-order valence-electron chi connectivity index (χ2n) is 4.74. The molecule has 2 aromatic rings. The van der Waals surface area contributed by atoms with E-state index >= 15 is 0 Å².